The van der Waals surface area contributed by atoms with Crippen LogP contribution in [0.1, 0.15) is 17.2 Å². The lowest BCUT2D eigenvalue weighted by molar-refractivity contribution is -0.130. The fraction of sp³-hybridized carbons (Fsp3) is 0.318. The van der Waals surface area contributed by atoms with Crippen LogP contribution in [0, 0.1) is 0 Å². The summed E-state index contributed by atoms with van der Waals surface area (Å²) in [6, 6.07) is 13.9. The number of rotatable bonds is 3. The topological polar surface area (TPSA) is 42.0 Å². The standard InChI is InChI=1S/C22H23ClN2O3/c1-24-9-10-25(19(15-24)17-5-3-2-4-6-17)21(26)8-7-16-13-18(23)22-20(14-16)27-11-12-28-22/h2-8,13-14,19H,9-12,15H2,1H3/b8-7+. The fourth-order valence-corrected chi connectivity index (χ4v) is 3.91. The van der Waals surface area contributed by atoms with Crippen molar-refractivity contribution in [1.29, 1.82) is 0 Å². The molecule has 0 N–H and O–H groups in total. The number of fused-ring (bicyclic) bond motifs is 1. The van der Waals surface area contributed by atoms with Crippen molar-refractivity contribution in [3.05, 3.63) is 64.7 Å². The highest BCUT2D eigenvalue weighted by atomic mass is 35.5. The van der Waals surface area contributed by atoms with Gasteiger partial charge in [0, 0.05) is 25.7 Å². The molecule has 28 heavy (non-hydrogen) atoms. The molecule has 1 amide bonds. The van der Waals surface area contributed by atoms with Gasteiger partial charge in [-0.2, -0.15) is 0 Å². The Morgan fingerprint density at radius 2 is 1.93 bits per heavy atom. The van der Waals surface area contributed by atoms with Crippen LogP contribution in [0.3, 0.4) is 0 Å². The van der Waals surface area contributed by atoms with Crippen molar-refractivity contribution in [3.63, 3.8) is 0 Å². The Kier molecular flexibility index (Phi) is 5.55. The van der Waals surface area contributed by atoms with Gasteiger partial charge < -0.3 is 19.3 Å². The van der Waals surface area contributed by atoms with E-state index in [1.807, 2.05) is 29.2 Å². The van der Waals surface area contributed by atoms with Crippen LogP contribution in [0.25, 0.3) is 6.08 Å². The lowest BCUT2D eigenvalue weighted by Crippen LogP contribution is -2.48. The molecule has 146 valence electrons. The molecule has 6 heteroatoms. The minimum atomic E-state index is -0.00651. The summed E-state index contributed by atoms with van der Waals surface area (Å²) < 4.78 is 11.2. The molecule has 2 aliphatic rings. The molecule has 0 spiro atoms. The lowest BCUT2D eigenvalue weighted by Gasteiger charge is -2.40. The van der Waals surface area contributed by atoms with E-state index in [9.17, 15) is 4.79 Å². The van der Waals surface area contributed by atoms with Gasteiger partial charge in [0.05, 0.1) is 11.1 Å². The first-order valence-electron chi connectivity index (χ1n) is 9.43. The zero-order chi connectivity index (χ0) is 19.5. The molecule has 1 atom stereocenters. The third-order valence-electron chi connectivity index (χ3n) is 5.09. The smallest absolute Gasteiger partial charge is 0.247 e. The molecule has 0 saturated carbocycles. The maximum Gasteiger partial charge on any atom is 0.247 e. The average molecular weight is 399 g/mol. The summed E-state index contributed by atoms with van der Waals surface area (Å²) >= 11 is 6.29. The maximum absolute atomic E-state index is 13.0. The predicted octanol–water partition coefficient (Wildman–Crippen LogP) is 3.64. The van der Waals surface area contributed by atoms with Gasteiger partial charge >= 0.3 is 0 Å². The van der Waals surface area contributed by atoms with Crippen molar-refractivity contribution < 1.29 is 14.3 Å². The lowest BCUT2D eigenvalue weighted by atomic mass is 10.0. The highest BCUT2D eigenvalue weighted by Gasteiger charge is 2.29. The van der Waals surface area contributed by atoms with E-state index < -0.39 is 0 Å². The van der Waals surface area contributed by atoms with E-state index in [4.69, 9.17) is 21.1 Å². The SMILES string of the molecule is CN1CCN(C(=O)/C=C/c2cc(Cl)c3c(c2)OCCO3)C(c2ccccc2)C1. The fourth-order valence-electron chi connectivity index (χ4n) is 3.63. The number of halogens is 1. The molecule has 1 fully saturated rings. The third-order valence-corrected chi connectivity index (χ3v) is 5.37. The third kappa shape index (κ3) is 4.01. The Morgan fingerprint density at radius 1 is 1.14 bits per heavy atom. The molecular weight excluding hydrogens is 376 g/mol. The average Bonchev–Trinajstić information content (AvgIpc) is 2.72. The van der Waals surface area contributed by atoms with Gasteiger partial charge in [-0.3, -0.25) is 4.79 Å². The summed E-state index contributed by atoms with van der Waals surface area (Å²) in [6.45, 7) is 3.36. The van der Waals surface area contributed by atoms with Crippen molar-refractivity contribution >= 4 is 23.6 Å². The zero-order valence-corrected chi connectivity index (χ0v) is 16.6. The second-order valence-electron chi connectivity index (χ2n) is 7.08. The van der Waals surface area contributed by atoms with Gasteiger partial charge in [0.2, 0.25) is 5.91 Å². The molecule has 1 unspecified atom stereocenters. The molecule has 2 aromatic rings. The number of hydrogen-bond donors (Lipinski definition) is 0. The number of likely N-dealkylation sites (N-methyl/N-ethyl adjacent to an activating group) is 1. The molecule has 0 aromatic heterocycles. The minimum absolute atomic E-state index is 0.00651. The van der Waals surface area contributed by atoms with Crippen molar-refractivity contribution in [2.24, 2.45) is 0 Å². The second kappa shape index (κ2) is 8.25. The molecule has 1 saturated heterocycles. The first kappa shape index (κ1) is 18.8. The molecule has 2 aromatic carbocycles. The first-order valence-corrected chi connectivity index (χ1v) is 9.81. The predicted molar refractivity (Wildman–Crippen MR) is 110 cm³/mol. The van der Waals surface area contributed by atoms with Gasteiger partial charge in [-0.25, -0.2) is 0 Å². The Labute approximate surface area is 170 Å². The highest BCUT2D eigenvalue weighted by Crippen LogP contribution is 2.38. The number of benzene rings is 2. The molecule has 4 rings (SSSR count). The van der Waals surface area contributed by atoms with Crippen molar-refractivity contribution in [1.82, 2.24) is 9.80 Å². The van der Waals surface area contributed by atoms with Crippen LogP contribution >= 0.6 is 11.6 Å². The first-order chi connectivity index (χ1) is 13.6. The highest BCUT2D eigenvalue weighted by molar-refractivity contribution is 6.32. The summed E-state index contributed by atoms with van der Waals surface area (Å²) in [5, 5.41) is 0.492. The summed E-state index contributed by atoms with van der Waals surface area (Å²) in [5.74, 6) is 1.18. The van der Waals surface area contributed by atoms with Gasteiger partial charge in [0.15, 0.2) is 11.5 Å². The van der Waals surface area contributed by atoms with Crippen LogP contribution in [0.15, 0.2) is 48.5 Å². The number of hydrogen-bond acceptors (Lipinski definition) is 4. The van der Waals surface area contributed by atoms with E-state index in [2.05, 4.69) is 24.1 Å². The molecule has 0 bridgehead atoms. The monoisotopic (exact) mass is 398 g/mol. The molecule has 0 aliphatic carbocycles. The van der Waals surface area contributed by atoms with Crippen LogP contribution in [0.2, 0.25) is 5.02 Å². The van der Waals surface area contributed by atoms with Crippen molar-refractivity contribution in [2.45, 2.75) is 6.04 Å². The summed E-state index contributed by atoms with van der Waals surface area (Å²) in [4.78, 5) is 17.2. The van der Waals surface area contributed by atoms with Gasteiger partial charge in [-0.05, 0) is 36.4 Å². The largest absolute Gasteiger partial charge is 0.486 e. The normalized spacial score (nSPS) is 19.8. The Morgan fingerprint density at radius 3 is 2.75 bits per heavy atom. The number of carbonyl (C=O) groups excluding carboxylic acids is 1. The summed E-state index contributed by atoms with van der Waals surface area (Å²) in [5.41, 5.74) is 1.96. The van der Waals surface area contributed by atoms with Gasteiger partial charge in [-0.15, -0.1) is 0 Å². The maximum atomic E-state index is 13.0. The van der Waals surface area contributed by atoms with Gasteiger partial charge in [-0.1, -0.05) is 41.9 Å². The minimum Gasteiger partial charge on any atom is -0.486 e. The number of piperazine rings is 1. The van der Waals surface area contributed by atoms with Gasteiger partial charge in [0.1, 0.15) is 13.2 Å². The van der Waals surface area contributed by atoms with Crippen molar-refractivity contribution in [2.75, 3.05) is 39.9 Å². The second-order valence-corrected chi connectivity index (χ2v) is 7.49. The number of nitrogens with zero attached hydrogens (tertiary/aromatic N) is 2. The van der Waals surface area contributed by atoms with Crippen LogP contribution in [0.4, 0.5) is 0 Å². The molecule has 2 aliphatic heterocycles. The van der Waals surface area contributed by atoms with Gasteiger partial charge in [0.25, 0.3) is 0 Å². The van der Waals surface area contributed by atoms with Crippen molar-refractivity contribution in [3.8, 4) is 11.5 Å². The zero-order valence-electron chi connectivity index (χ0n) is 15.8. The van der Waals surface area contributed by atoms with E-state index in [-0.39, 0.29) is 11.9 Å². The van der Waals surface area contributed by atoms with E-state index >= 15 is 0 Å². The van der Waals surface area contributed by atoms with E-state index in [0.29, 0.717) is 36.3 Å². The quantitative estimate of drug-likeness (QED) is 0.740. The van der Waals surface area contributed by atoms with E-state index in [1.54, 1.807) is 18.2 Å². The Bertz CT molecular complexity index is 885. The molecular formula is C22H23ClN2O3. The molecule has 2 heterocycles. The van der Waals surface area contributed by atoms with Crippen LogP contribution < -0.4 is 9.47 Å². The molecule has 5 nitrogen and oxygen atoms in total. The summed E-state index contributed by atoms with van der Waals surface area (Å²) in [7, 11) is 2.09. The van der Waals surface area contributed by atoms with Crippen LogP contribution in [0.5, 0.6) is 11.5 Å². The number of amides is 1. The van der Waals surface area contributed by atoms with E-state index in [1.165, 1.54) is 0 Å². The van der Waals surface area contributed by atoms with Crippen LogP contribution in [-0.2, 0) is 4.79 Å². The number of ether oxygens (including phenoxy) is 2. The molecule has 0 radical (unpaired) electrons. The van der Waals surface area contributed by atoms with E-state index in [0.717, 1.165) is 24.2 Å². The Balaban J connectivity index is 1.54. The summed E-state index contributed by atoms with van der Waals surface area (Å²) in [6.07, 6.45) is 3.40. The number of carbonyl (C=O) groups is 1. The van der Waals surface area contributed by atoms with Crippen LogP contribution in [-0.4, -0.2) is 55.6 Å². The Hall–Kier alpha value is -2.50.